The molecule has 3 rings (SSSR count). The van der Waals surface area contributed by atoms with Crippen molar-refractivity contribution in [3.63, 3.8) is 0 Å². The van der Waals surface area contributed by atoms with Crippen molar-refractivity contribution in [2.75, 3.05) is 24.5 Å². The van der Waals surface area contributed by atoms with E-state index in [4.69, 9.17) is 10.2 Å². The Balaban J connectivity index is 0.00000120. The highest BCUT2D eigenvalue weighted by molar-refractivity contribution is 5.85. The van der Waals surface area contributed by atoms with Crippen molar-refractivity contribution in [1.82, 2.24) is 4.98 Å². The second-order valence-electron chi connectivity index (χ2n) is 4.65. The Bertz CT molecular complexity index is 481. The van der Waals surface area contributed by atoms with Crippen LogP contribution in [0.2, 0.25) is 0 Å². The van der Waals surface area contributed by atoms with Crippen molar-refractivity contribution in [1.29, 1.82) is 0 Å². The van der Waals surface area contributed by atoms with E-state index in [9.17, 15) is 0 Å². The molecule has 0 bridgehead atoms. The molecule has 2 N–H and O–H groups in total. The van der Waals surface area contributed by atoms with Gasteiger partial charge in [-0.2, -0.15) is 4.98 Å². The molecule has 0 spiro atoms. The fourth-order valence-electron chi connectivity index (χ4n) is 2.43. The third kappa shape index (κ3) is 2.44. The van der Waals surface area contributed by atoms with E-state index in [1.165, 1.54) is 12.8 Å². The van der Waals surface area contributed by atoms with Crippen LogP contribution in [0.25, 0.3) is 11.1 Å². The minimum Gasteiger partial charge on any atom is -0.423 e. The van der Waals surface area contributed by atoms with Crippen molar-refractivity contribution in [3.05, 3.63) is 24.3 Å². The van der Waals surface area contributed by atoms with E-state index in [2.05, 4.69) is 9.88 Å². The number of para-hydroxylation sites is 2. The molecular weight excluding hydrogens is 250 g/mol. The number of hydrogen-bond acceptors (Lipinski definition) is 4. The monoisotopic (exact) mass is 267 g/mol. The lowest BCUT2D eigenvalue weighted by molar-refractivity contribution is 0.403. The molecule has 2 aromatic rings. The molecule has 1 fully saturated rings. The van der Waals surface area contributed by atoms with Gasteiger partial charge in [0.15, 0.2) is 5.58 Å². The van der Waals surface area contributed by atoms with Crippen LogP contribution in [0.4, 0.5) is 6.01 Å². The quantitative estimate of drug-likeness (QED) is 0.908. The van der Waals surface area contributed by atoms with E-state index in [0.29, 0.717) is 5.92 Å². The van der Waals surface area contributed by atoms with Gasteiger partial charge in [-0.05, 0) is 37.4 Å². The Labute approximate surface area is 113 Å². The van der Waals surface area contributed by atoms with Crippen molar-refractivity contribution in [2.24, 2.45) is 11.7 Å². The number of nitrogens with zero attached hydrogens (tertiary/aromatic N) is 2. The molecule has 5 heteroatoms. The van der Waals surface area contributed by atoms with Gasteiger partial charge in [-0.1, -0.05) is 12.1 Å². The van der Waals surface area contributed by atoms with Gasteiger partial charge in [-0.25, -0.2) is 0 Å². The van der Waals surface area contributed by atoms with Crippen LogP contribution in [0.1, 0.15) is 12.8 Å². The van der Waals surface area contributed by atoms with Crippen LogP contribution in [-0.2, 0) is 0 Å². The summed E-state index contributed by atoms with van der Waals surface area (Å²) in [5.41, 5.74) is 7.53. The standard InChI is InChI=1S/C13H17N3O.ClH/c14-8-10-4-3-7-16(9-10)13-15-11-5-1-2-6-12(11)17-13;/h1-2,5-6,10H,3-4,7-9,14H2;1H. The molecular formula is C13H18ClN3O. The van der Waals surface area contributed by atoms with Crippen molar-refractivity contribution in [2.45, 2.75) is 12.8 Å². The number of anilines is 1. The zero-order chi connectivity index (χ0) is 11.7. The predicted molar refractivity (Wildman–Crippen MR) is 75.2 cm³/mol. The summed E-state index contributed by atoms with van der Waals surface area (Å²) in [6.07, 6.45) is 2.38. The Kier molecular flexibility index (Phi) is 4.09. The number of halogens is 1. The summed E-state index contributed by atoms with van der Waals surface area (Å²) in [6, 6.07) is 8.62. The number of benzene rings is 1. The number of piperidine rings is 1. The summed E-state index contributed by atoms with van der Waals surface area (Å²) in [5, 5.41) is 0. The SMILES string of the molecule is Cl.NCC1CCCN(c2nc3ccccc3o2)C1. The molecule has 1 aliphatic rings. The number of hydrogen-bond donors (Lipinski definition) is 1. The number of aromatic nitrogens is 1. The number of fused-ring (bicyclic) bond motifs is 1. The van der Waals surface area contributed by atoms with Crippen molar-refractivity contribution < 1.29 is 4.42 Å². The predicted octanol–water partition coefficient (Wildman–Crippen LogP) is 2.42. The van der Waals surface area contributed by atoms with Crippen molar-refractivity contribution >= 4 is 29.5 Å². The van der Waals surface area contributed by atoms with Gasteiger partial charge in [-0.3, -0.25) is 0 Å². The fourth-order valence-corrected chi connectivity index (χ4v) is 2.43. The molecule has 1 aliphatic heterocycles. The van der Waals surface area contributed by atoms with Crippen LogP contribution in [0.15, 0.2) is 28.7 Å². The van der Waals surface area contributed by atoms with E-state index in [-0.39, 0.29) is 12.4 Å². The summed E-state index contributed by atoms with van der Waals surface area (Å²) < 4.78 is 5.77. The van der Waals surface area contributed by atoms with E-state index in [0.717, 1.165) is 36.7 Å². The van der Waals surface area contributed by atoms with Crippen molar-refractivity contribution in [3.8, 4) is 0 Å². The van der Waals surface area contributed by atoms with Crippen LogP contribution in [0.3, 0.4) is 0 Å². The third-order valence-electron chi connectivity index (χ3n) is 3.41. The van der Waals surface area contributed by atoms with Gasteiger partial charge in [0.05, 0.1) is 0 Å². The molecule has 0 amide bonds. The molecule has 98 valence electrons. The Morgan fingerprint density at radius 2 is 2.22 bits per heavy atom. The molecule has 4 nitrogen and oxygen atoms in total. The van der Waals surface area contributed by atoms with Gasteiger partial charge in [-0.15, -0.1) is 12.4 Å². The molecule has 1 aromatic heterocycles. The second kappa shape index (κ2) is 5.59. The Hall–Kier alpha value is -1.26. The maximum atomic E-state index is 5.77. The fraction of sp³-hybridized carbons (Fsp3) is 0.462. The molecule has 18 heavy (non-hydrogen) atoms. The maximum Gasteiger partial charge on any atom is 0.298 e. The van der Waals surface area contributed by atoms with Gasteiger partial charge in [0.2, 0.25) is 0 Å². The molecule has 0 saturated carbocycles. The summed E-state index contributed by atoms with van der Waals surface area (Å²) in [6.45, 7) is 2.73. The molecule has 1 atom stereocenters. The molecule has 0 aliphatic carbocycles. The highest BCUT2D eigenvalue weighted by Crippen LogP contribution is 2.25. The molecule has 1 unspecified atom stereocenters. The maximum absolute atomic E-state index is 5.77. The first-order chi connectivity index (χ1) is 8.36. The van der Waals surface area contributed by atoms with Crippen LogP contribution >= 0.6 is 12.4 Å². The summed E-state index contributed by atoms with van der Waals surface area (Å²) >= 11 is 0. The molecule has 0 radical (unpaired) electrons. The van der Waals surface area contributed by atoms with Gasteiger partial charge in [0, 0.05) is 13.1 Å². The van der Waals surface area contributed by atoms with Crippen LogP contribution in [0.5, 0.6) is 0 Å². The zero-order valence-electron chi connectivity index (χ0n) is 10.2. The van der Waals surface area contributed by atoms with Gasteiger partial charge < -0.3 is 15.1 Å². The smallest absolute Gasteiger partial charge is 0.298 e. The molecule has 1 aromatic carbocycles. The lowest BCUT2D eigenvalue weighted by Gasteiger charge is -2.30. The minimum absolute atomic E-state index is 0. The van der Waals surface area contributed by atoms with E-state index >= 15 is 0 Å². The van der Waals surface area contributed by atoms with Crippen LogP contribution < -0.4 is 10.6 Å². The lowest BCUT2D eigenvalue weighted by atomic mass is 9.99. The largest absolute Gasteiger partial charge is 0.423 e. The first-order valence-corrected chi connectivity index (χ1v) is 6.17. The topological polar surface area (TPSA) is 55.3 Å². The van der Waals surface area contributed by atoms with Crippen LogP contribution in [0, 0.1) is 5.92 Å². The van der Waals surface area contributed by atoms with Gasteiger partial charge in [0.1, 0.15) is 5.52 Å². The lowest BCUT2D eigenvalue weighted by Crippen LogP contribution is -2.38. The summed E-state index contributed by atoms with van der Waals surface area (Å²) in [5.74, 6) is 0.568. The third-order valence-corrected chi connectivity index (χ3v) is 3.41. The Morgan fingerprint density at radius 1 is 1.39 bits per heavy atom. The van der Waals surface area contributed by atoms with E-state index < -0.39 is 0 Å². The highest BCUT2D eigenvalue weighted by Gasteiger charge is 2.22. The zero-order valence-corrected chi connectivity index (χ0v) is 11.0. The minimum atomic E-state index is 0. The normalized spacial score (nSPS) is 19.8. The number of rotatable bonds is 2. The van der Waals surface area contributed by atoms with E-state index in [1.54, 1.807) is 0 Å². The first-order valence-electron chi connectivity index (χ1n) is 6.17. The first kappa shape index (κ1) is 13.2. The average Bonchev–Trinajstić information content (AvgIpc) is 2.82. The summed E-state index contributed by atoms with van der Waals surface area (Å²) in [7, 11) is 0. The highest BCUT2D eigenvalue weighted by atomic mass is 35.5. The van der Waals surface area contributed by atoms with Gasteiger partial charge in [0.25, 0.3) is 6.01 Å². The molecule has 1 saturated heterocycles. The summed E-state index contributed by atoms with van der Waals surface area (Å²) in [4.78, 5) is 6.73. The second-order valence-corrected chi connectivity index (χ2v) is 4.65. The number of nitrogens with two attached hydrogens (primary N) is 1. The number of oxazole rings is 1. The van der Waals surface area contributed by atoms with E-state index in [1.807, 2.05) is 24.3 Å². The molecule has 2 heterocycles. The Morgan fingerprint density at radius 3 is 3.00 bits per heavy atom. The van der Waals surface area contributed by atoms with Crippen LogP contribution in [-0.4, -0.2) is 24.6 Å². The van der Waals surface area contributed by atoms with Gasteiger partial charge >= 0.3 is 0 Å². The average molecular weight is 268 g/mol.